The van der Waals surface area contributed by atoms with E-state index in [1.165, 1.54) is 5.06 Å². The van der Waals surface area contributed by atoms with Gasteiger partial charge in [-0.05, 0) is 63.3 Å². The van der Waals surface area contributed by atoms with E-state index >= 15 is 0 Å². The van der Waals surface area contributed by atoms with Gasteiger partial charge in [-0.15, -0.1) is 0 Å². The number of hydrogen-bond donors (Lipinski definition) is 1. The summed E-state index contributed by atoms with van der Waals surface area (Å²) in [6, 6.07) is 31.5. The van der Waals surface area contributed by atoms with E-state index < -0.39 is 0 Å². The van der Waals surface area contributed by atoms with Crippen LogP contribution in [0, 0.1) is 11.3 Å². The van der Waals surface area contributed by atoms with Crippen LogP contribution in [0.4, 0.5) is 0 Å². The van der Waals surface area contributed by atoms with Crippen molar-refractivity contribution in [3.05, 3.63) is 118 Å². The summed E-state index contributed by atoms with van der Waals surface area (Å²) in [5.41, 5.74) is 5.65. The van der Waals surface area contributed by atoms with Crippen molar-refractivity contribution >= 4 is 15.9 Å². The van der Waals surface area contributed by atoms with Crippen molar-refractivity contribution < 1.29 is 14.7 Å². The molecule has 0 heterocycles. The predicted octanol–water partition coefficient (Wildman–Crippen LogP) is 8.31. The molecule has 1 atom stereocenters. The molecule has 0 saturated heterocycles. The van der Waals surface area contributed by atoms with Crippen LogP contribution in [0.2, 0.25) is 0 Å². The summed E-state index contributed by atoms with van der Waals surface area (Å²) >= 11 is 3.77. The van der Waals surface area contributed by atoms with Crippen LogP contribution in [0.15, 0.2) is 95.5 Å². The Labute approximate surface area is 233 Å². The monoisotopic (exact) mass is 570 g/mol. The quantitative estimate of drug-likeness (QED) is 0.184. The minimum Gasteiger partial charge on any atom is -0.489 e. The van der Waals surface area contributed by atoms with Crippen LogP contribution in [-0.4, -0.2) is 16.8 Å². The van der Waals surface area contributed by atoms with Crippen molar-refractivity contribution in [1.29, 1.82) is 5.26 Å². The fraction of sp³-hybridized carbons (Fsp3) is 0.219. The summed E-state index contributed by atoms with van der Waals surface area (Å²) < 4.78 is 13.5. The van der Waals surface area contributed by atoms with Gasteiger partial charge in [-0.3, -0.25) is 0 Å². The Balaban J connectivity index is 1.58. The van der Waals surface area contributed by atoms with Gasteiger partial charge < -0.3 is 14.7 Å². The fourth-order valence-electron chi connectivity index (χ4n) is 4.40. The molecule has 4 aromatic rings. The Kier molecular flexibility index (Phi) is 9.56. The van der Waals surface area contributed by atoms with Crippen LogP contribution in [0.1, 0.15) is 48.6 Å². The summed E-state index contributed by atoms with van der Waals surface area (Å²) in [6.45, 7) is 5.11. The minimum absolute atomic E-state index is 0.216. The lowest BCUT2D eigenvalue weighted by atomic mass is 10.0. The first-order valence-electron chi connectivity index (χ1n) is 12.7. The van der Waals surface area contributed by atoms with Crippen LogP contribution in [-0.2, 0) is 13.2 Å². The molecule has 0 fully saturated rings. The molecule has 5 nitrogen and oxygen atoms in total. The number of halogens is 1. The molecule has 0 radical (unpaired) electrons. The first-order valence-corrected chi connectivity index (χ1v) is 13.5. The molecule has 0 aliphatic carbocycles. The summed E-state index contributed by atoms with van der Waals surface area (Å²) in [6.07, 6.45) is 0.712. The number of nitrogens with zero attached hydrogens (tertiary/aromatic N) is 2. The van der Waals surface area contributed by atoms with Crippen LogP contribution in [0.5, 0.6) is 11.5 Å². The van der Waals surface area contributed by atoms with Crippen LogP contribution in [0.25, 0.3) is 11.1 Å². The molecule has 6 heteroatoms. The summed E-state index contributed by atoms with van der Waals surface area (Å²) in [5, 5.41) is 21.1. The largest absolute Gasteiger partial charge is 0.489 e. The Hall–Kier alpha value is -3.63. The van der Waals surface area contributed by atoms with Gasteiger partial charge in [0.1, 0.15) is 24.7 Å². The highest BCUT2D eigenvalue weighted by atomic mass is 79.9. The number of hydrogen-bond acceptors (Lipinski definition) is 5. The lowest BCUT2D eigenvalue weighted by molar-refractivity contribution is -0.126. The average molecular weight is 572 g/mol. The Bertz CT molecular complexity index is 1400. The van der Waals surface area contributed by atoms with E-state index in [2.05, 4.69) is 40.2 Å². The lowest BCUT2D eigenvalue weighted by Gasteiger charge is -2.26. The summed E-state index contributed by atoms with van der Waals surface area (Å²) in [5.74, 6) is 1.31. The molecule has 0 spiro atoms. The number of ether oxygens (including phenoxy) is 2. The Morgan fingerprint density at radius 3 is 2.42 bits per heavy atom. The molecule has 1 unspecified atom stereocenters. The zero-order valence-electron chi connectivity index (χ0n) is 21.6. The normalized spacial score (nSPS) is 11.7. The molecule has 0 saturated carbocycles. The van der Waals surface area contributed by atoms with Crippen molar-refractivity contribution in [1.82, 2.24) is 5.06 Å². The molecule has 0 amide bonds. The van der Waals surface area contributed by atoms with Gasteiger partial charge in [-0.2, -0.15) is 10.3 Å². The predicted molar refractivity (Wildman–Crippen MR) is 153 cm³/mol. The van der Waals surface area contributed by atoms with E-state index in [0.29, 0.717) is 43.2 Å². The second-order valence-corrected chi connectivity index (χ2v) is 9.71. The van der Waals surface area contributed by atoms with Crippen molar-refractivity contribution in [3.8, 4) is 28.7 Å². The van der Waals surface area contributed by atoms with Gasteiger partial charge in [-0.1, -0.05) is 74.5 Å². The van der Waals surface area contributed by atoms with E-state index in [0.717, 1.165) is 32.3 Å². The molecule has 1 N–H and O–H groups in total. The van der Waals surface area contributed by atoms with E-state index in [1.54, 1.807) is 6.07 Å². The number of benzene rings is 4. The second-order valence-electron chi connectivity index (χ2n) is 8.91. The van der Waals surface area contributed by atoms with Gasteiger partial charge in [0.2, 0.25) is 0 Å². The maximum atomic E-state index is 10.5. The minimum atomic E-state index is -0.216. The van der Waals surface area contributed by atoms with Gasteiger partial charge >= 0.3 is 0 Å². The van der Waals surface area contributed by atoms with E-state index in [1.807, 2.05) is 80.6 Å². The van der Waals surface area contributed by atoms with Crippen molar-refractivity contribution in [2.75, 3.05) is 6.54 Å². The highest BCUT2D eigenvalue weighted by Gasteiger charge is 2.21. The molecule has 0 bridgehead atoms. The lowest BCUT2D eigenvalue weighted by Crippen LogP contribution is -2.25. The molecule has 0 aliphatic heterocycles. The number of nitriles is 1. The highest BCUT2D eigenvalue weighted by molar-refractivity contribution is 9.10. The third kappa shape index (κ3) is 6.62. The maximum absolute atomic E-state index is 10.5. The topological polar surface area (TPSA) is 65.7 Å². The highest BCUT2D eigenvalue weighted by Crippen LogP contribution is 2.36. The fourth-order valence-corrected chi connectivity index (χ4v) is 5.01. The van der Waals surface area contributed by atoms with Gasteiger partial charge in [0, 0.05) is 28.2 Å². The Morgan fingerprint density at radius 1 is 0.895 bits per heavy atom. The number of hydroxylamine groups is 2. The zero-order chi connectivity index (χ0) is 26.9. The van der Waals surface area contributed by atoms with Crippen LogP contribution >= 0.6 is 15.9 Å². The SMILES string of the molecule is CCC(c1ccc(OCc2cccc(-c3ccccc3)c2Br)cc1OCc1cccc(C#N)c1)N(O)CC. The third-order valence-corrected chi connectivity index (χ3v) is 7.36. The summed E-state index contributed by atoms with van der Waals surface area (Å²) in [7, 11) is 0. The molecular weight excluding hydrogens is 540 g/mol. The van der Waals surface area contributed by atoms with Crippen molar-refractivity contribution in [3.63, 3.8) is 0 Å². The standard InChI is InChI=1S/C32H31BrN2O3/c1-3-30(35(36)4-2)29-17-16-27(19-31(29)38-21-24-11-8-10-23(18-24)20-34)37-22-26-14-9-15-28(32(26)33)25-12-6-5-7-13-25/h5-19,30,36H,3-4,21-22H2,1-2H3. The average Bonchev–Trinajstić information content (AvgIpc) is 2.97. The molecule has 0 aliphatic rings. The first kappa shape index (κ1) is 27.4. The third-order valence-electron chi connectivity index (χ3n) is 6.42. The van der Waals surface area contributed by atoms with E-state index in [-0.39, 0.29) is 6.04 Å². The summed E-state index contributed by atoms with van der Waals surface area (Å²) in [4.78, 5) is 0. The smallest absolute Gasteiger partial charge is 0.128 e. The van der Waals surface area contributed by atoms with Crippen LogP contribution < -0.4 is 9.47 Å². The van der Waals surface area contributed by atoms with Gasteiger partial charge in [-0.25, -0.2) is 0 Å². The molecule has 0 aromatic heterocycles. The van der Waals surface area contributed by atoms with Gasteiger partial charge in [0.05, 0.1) is 17.7 Å². The van der Waals surface area contributed by atoms with Gasteiger partial charge in [0.25, 0.3) is 0 Å². The van der Waals surface area contributed by atoms with Gasteiger partial charge in [0.15, 0.2) is 0 Å². The second kappa shape index (κ2) is 13.3. The molecule has 4 aromatic carbocycles. The zero-order valence-corrected chi connectivity index (χ0v) is 23.2. The van der Waals surface area contributed by atoms with E-state index in [9.17, 15) is 10.5 Å². The van der Waals surface area contributed by atoms with Crippen molar-refractivity contribution in [2.24, 2.45) is 0 Å². The Morgan fingerprint density at radius 2 is 1.68 bits per heavy atom. The number of rotatable bonds is 11. The molecular formula is C32H31BrN2O3. The van der Waals surface area contributed by atoms with Crippen molar-refractivity contribution in [2.45, 2.75) is 39.5 Å². The molecule has 4 rings (SSSR count). The van der Waals surface area contributed by atoms with Crippen LogP contribution in [0.3, 0.4) is 0 Å². The first-order chi connectivity index (χ1) is 18.5. The van der Waals surface area contributed by atoms with E-state index in [4.69, 9.17) is 9.47 Å². The molecule has 38 heavy (non-hydrogen) atoms. The maximum Gasteiger partial charge on any atom is 0.128 e. The molecule has 194 valence electrons.